The van der Waals surface area contributed by atoms with Crippen LogP contribution in [0.15, 0.2) is 81.9 Å². The number of fused-ring (bicyclic) bond motifs is 1. The van der Waals surface area contributed by atoms with E-state index in [2.05, 4.69) is 22.1 Å². The van der Waals surface area contributed by atoms with Crippen LogP contribution in [0.1, 0.15) is 11.1 Å². The summed E-state index contributed by atoms with van der Waals surface area (Å²) >= 11 is 0. The molecule has 0 bridgehead atoms. The zero-order valence-electron chi connectivity index (χ0n) is 18.4. The lowest BCUT2D eigenvalue weighted by Gasteiger charge is -2.09. The number of imidazole rings is 1. The largest absolute Gasteiger partial charge is 0.490 e. The van der Waals surface area contributed by atoms with Gasteiger partial charge in [-0.3, -0.25) is 18.5 Å². The van der Waals surface area contributed by atoms with Gasteiger partial charge in [0, 0.05) is 14.1 Å². The lowest BCUT2D eigenvalue weighted by molar-refractivity contribution is 0.363. The first kappa shape index (κ1) is 21.8. The number of rotatable bonds is 8. The van der Waals surface area contributed by atoms with E-state index < -0.39 is 11.2 Å². The predicted octanol–water partition coefficient (Wildman–Crippen LogP) is 2.49. The van der Waals surface area contributed by atoms with Crippen LogP contribution >= 0.6 is 0 Å². The molecule has 0 unspecified atom stereocenters. The topological polar surface area (TPSA) is 95.4 Å². The molecule has 0 aliphatic rings. The first-order chi connectivity index (χ1) is 16.0. The standard InChI is InChI=1S/C24H24N6O3/c1-4-14-33-19-12-10-17(11-13-19)15-25-27-23-26-21-20(22(31)29(3)24(32)28(21)2)30(23)16-18-8-6-5-7-9-18/h4-13,15H,1,14,16H2,2-3H3,(H,26,27). The molecular weight excluding hydrogens is 420 g/mol. The van der Waals surface area contributed by atoms with Crippen LogP contribution in [0.25, 0.3) is 11.2 Å². The molecule has 168 valence electrons. The average Bonchev–Trinajstić information content (AvgIpc) is 3.19. The minimum atomic E-state index is -0.439. The molecule has 0 spiro atoms. The van der Waals surface area contributed by atoms with Crippen molar-refractivity contribution in [1.82, 2.24) is 18.7 Å². The molecule has 33 heavy (non-hydrogen) atoms. The summed E-state index contributed by atoms with van der Waals surface area (Å²) in [6, 6.07) is 17.1. The Kier molecular flexibility index (Phi) is 6.21. The van der Waals surface area contributed by atoms with Crippen LogP contribution in [-0.2, 0) is 20.6 Å². The number of ether oxygens (including phenoxy) is 1. The molecular formula is C24H24N6O3. The third-order valence-electron chi connectivity index (χ3n) is 5.16. The van der Waals surface area contributed by atoms with E-state index in [0.29, 0.717) is 30.3 Å². The molecule has 9 heteroatoms. The second-order valence-electron chi connectivity index (χ2n) is 7.42. The number of anilines is 1. The SMILES string of the molecule is C=CCOc1ccc(C=NNc2nc3c(c(=O)n(C)c(=O)n3C)n2Cc2ccccc2)cc1. The van der Waals surface area contributed by atoms with Gasteiger partial charge in [-0.2, -0.15) is 10.1 Å². The van der Waals surface area contributed by atoms with Gasteiger partial charge in [0.1, 0.15) is 12.4 Å². The van der Waals surface area contributed by atoms with Gasteiger partial charge >= 0.3 is 5.69 Å². The molecule has 0 aliphatic heterocycles. The molecule has 2 heterocycles. The van der Waals surface area contributed by atoms with Gasteiger partial charge in [-0.15, -0.1) is 0 Å². The van der Waals surface area contributed by atoms with E-state index in [-0.39, 0.29) is 0 Å². The Bertz CT molecular complexity index is 1430. The van der Waals surface area contributed by atoms with Crippen molar-refractivity contribution in [2.75, 3.05) is 12.0 Å². The van der Waals surface area contributed by atoms with Gasteiger partial charge in [-0.05, 0) is 35.4 Å². The zero-order chi connectivity index (χ0) is 23.4. The highest BCUT2D eigenvalue weighted by Crippen LogP contribution is 2.18. The highest BCUT2D eigenvalue weighted by atomic mass is 16.5. The van der Waals surface area contributed by atoms with Crippen molar-refractivity contribution < 1.29 is 4.74 Å². The molecule has 0 saturated carbocycles. The Hall–Kier alpha value is -4.40. The van der Waals surface area contributed by atoms with Crippen LogP contribution < -0.4 is 21.4 Å². The molecule has 0 atom stereocenters. The molecule has 4 aromatic rings. The van der Waals surface area contributed by atoms with Gasteiger partial charge in [-0.1, -0.05) is 43.0 Å². The third-order valence-corrected chi connectivity index (χ3v) is 5.16. The number of nitrogens with one attached hydrogen (secondary N) is 1. The monoisotopic (exact) mass is 444 g/mol. The summed E-state index contributed by atoms with van der Waals surface area (Å²) in [5.74, 6) is 1.09. The van der Waals surface area contributed by atoms with Crippen molar-refractivity contribution in [2.45, 2.75) is 6.54 Å². The van der Waals surface area contributed by atoms with E-state index in [9.17, 15) is 9.59 Å². The number of aryl methyl sites for hydroxylation is 1. The van der Waals surface area contributed by atoms with E-state index in [1.54, 1.807) is 23.9 Å². The maximum absolute atomic E-state index is 12.9. The zero-order valence-corrected chi connectivity index (χ0v) is 18.4. The second kappa shape index (κ2) is 9.39. The van der Waals surface area contributed by atoms with Gasteiger partial charge in [0.2, 0.25) is 5.95 Å². The van der Waals surface area contributed by atoms with Crippen LogP contribution in [0.2, 0.25) is 0 Å². The van der Waals surface area contributed by atoms with Gasteiger partial charge in [0.25, 0.3) is 5.56 Å². The normalized spacial score (nSPS) is 11.2. The van der Waals surface area contributed by atoms with E-state index in [0.717, 1.165) is 21.4 Å². The lowest BCUT2D eigenvalue weighted by atomic mass is 10.2. The Balaban J connectivity index is 1.69. The van der Waals surface area contributed by atoms with Crippen molar-refractivity contribution in [2.24, 2.45) is 19.2 Å². The molecule has 0 radical (unpaired) electrons. The molecule has 0 saturated heterocycles. The minimum Gasteiger partial charge on any atom is -0.490 e. The highest BCUT2D eigenvalue weighted by Gasteiger charge is 2.19. The number of hydrogen-bond donors (Lipinski definition) is 1. The van der Waals surface area contributed by atoms with Gasteiger partial charge in [-0.25, -0.2) is 10.2 Å². The fourth-order valence-corrected chi connectivity index (χ4v) is 3.42. The van der Waals surface area contributed by atoms with E-state index in [1.165, 1.54) is 11.6 Å². The Labute approximate surface area is 189 Å². The van der Waals surface area contributed by atoms with Crippen LogP contribution in [0.5, 0.6) is 5.75 Å². The maximum Gasteiger partial charge on any atom is 0.332 e. The molecule has 9 nitrogen and oxygen atoms in total. The fraction of sp³-hybridized carbons (Fsp3) is 0.167. The van der Waals surface area contributed by atoms with Gasteiger partial charge in [0.05, 0.1) is 12.8 Å². The van der Waals surface area contributed by atoms with E-state index in [4.69, 9.17) is 4.74 Å². The summed E-state index contributed by atoms with van der Waals surface area (Å²) < 4.78 is 9.65. The molecule has 4 rings (SSSR count). The summed E-state index contributed by atoms with van der Waals surface area (Å²) in [5.41, 5.74) is 4.52. The van der Waals surface area contributed by atoms with Crippen molar-refractivity contribution in [1.29, 1.82) is 0 Å². The Morgan fingerprint density at radius 1 is 1.06 bits per heavy atom. The highest BCUT2D eigenvalue weighted by molar-refractivity contribution is 5.80. The first-order valence-electron chi connectivity index (χ1n) is 10.3. The van der Waals surface area contributed by atoms with E-state index >= 15 is 0 Å². The van der Waals surface area contributed by atoms with Crippen molar-refractivity contribution >= 4 is 23.3 Å². The molecule has 2 aromatic carbocycles. The second-order valence-corrected chi connectivity index (χ2v) is 7.42. The summed E-state index contributed by atoms with van der Waals surface area (Å²) in [4.78, 5) is 29.8. The summed E-state index contributed by atoms with van der Waals surface area (Å²) in [7, 11) is 3.05. The number of benzene rings is 2. The van der Waals surface area contributed by atoms with Crippen LogP contribution in [-0.4, -0.2) is 31.5 Å². The van der Waals surface area contributed by atoms with E-state index in [1.807, 2.05) is 54.6 Å². The Morgan fingerprint density at radius 2 is 1.79 bits per heavy atom. The van der Waals surface area contributed by atoms with Gasteiger partial charge < -0.3 is 4.74 Å². The van der Waals surface area contributed by atoms with Crippen molar-refractivity contribution in [3.63, 3.8) is 0 Å². The maximum atomic E-state index is 12.9. The summed E-state index contributed by atoms with van der Waals surface area (Å²) in [5, 5.41) is 4.29. The van der Waals surface area contributed by atoms with Gasteiger partial charge in [0.15, 0.2) is 11.2 Å². The molecule has 0 aliphatic carbocycles. The number of hydrogen-bond acceptors (Lipinski definition) is 6. The molecule has 0 amide bonds. The molecule has 0 fully saturated rings. The summed E-state index contributed by atoms with van der Waals surface area (Å²) in [6.45, 7) is 4.46. The van der Waals surface area contributed by atoms with Crippen molar-refractivity contribution in [3.8, 4) is 5.75 Å². The first-order valence-corrected chi connectivity index (χ1v) is 10.3. The summed E-state index contributed by atoms with van der Waals surface area (Å²) in [6.07, 6.45) is 3.32. The number of nitrogens with zero attached hydrogens (tertiary/aromatic N) is 5. The average molecular weight is 444 g/mol. The Morgan fingerprint density at radius 3 is 2.48 bits per heavy atom. The minimum absolute atomic E-state index is 0.292. The number of aromatic nitrogens is 4. The quantitative estimate of drug-likeness (QED) is 0.256. The third kappa shape index (κ3) is 4.47. The lowest BCUT2D eigenvalue weighted by Crippen LogP contribution is -2.37. The van der Waals surface area contributed by atoms with Crippen molar-refractivity contribution in [3.05, 3.63) is 99.2 Å². The van der Waals surface area contributed by atoms with Crippen LogP contribution in [0.4, 0.5) is 5.95 Å². The molecule has 2 aromatic heterocycles. The smallest absolute Gasteiger partial charge is 0.332 e. The predicted molar refractivity (Wildman–Crippen MR) is 129 cm³/mol. The van der Waals surface area contributed by atoms with Crippen LogP contribution in [0.3, 0.4) is 0 Å². The molecule has 1 N–H and O–H groups in total. The number of hydrazone groups is 1. The van der Waals surface area contributed by atoms with Crippen LogP contribution in [0, 0.1) is 0 Å². The fourth-order valence-electron chi connectivity index (χ4n) is 3.42.